The normalized spacial score (nSPS) is 23.0. The molecule has 1 aromatic heterocycles. The monoisotopic (exact) mass is 311 g/mol. The lowest BCUT2D eigenvalue weighted by Crippen LogP contribution is -2.48. The van der Waals surface area contributed by atoms with E-state index in [1.807, 2.05) is 12.1 Å². The number of ether oxygens (including phenoxy) is 1. The third-order valence-corrected chi connectivity index (χ3v) is 4.65. The van der Waals surface area contributed by atoms with Gasteiger partial charge in [0.2, 0.25) is 0 Å². The molecule has 0 saturated carbocycles. The number of hydrogen-bond donors (Lipinski definition) is 1. The fourth-order valence-corrected chi connectivity index (χ4v) is 3.54. The first-order valence-electron chi connectivity index (χ1n) is 7.75. The number of nitrogens with one attached hydrogen (secondary N) is 1. The van der Waals surface area contributed by atoms with Gasteiger partial charge in [0.15, 0.2) is 0 Å². The number of likely N-dealkylation sites (tertiary alicyclic amines) is 1. The Morgan fingerprint density at radius 2 is 2.13 bits per heavy atom. The van der Waals surface area contributed by atoms with E-state index in [2.05, 4.69) is 22.3 Å². The maximum absolute atomic E-state index is 12.6. The van der Waals surface area contributed by atoms with Crippen molar-refractivity contribution in [2.75, 3.05) is 13.1 Å². The van der Waals surface area contributed by atoms with Crippen LogP contribution in [0.5, 0.6) is 0 Å². The average molecular weight is 311 g/mol. The minimum Gasteiger partial charge on any atom is -0.364 e. The van der Waals surface area contributed by atoms with Crippen molar-refractivity contribution in [1.82, 2.24) is 15.1 Å². The Labute approximate surface area is 133 Å². The molecule has 0 bridgehead atoms. The summed E-state index contributed by atoms with van der Waals surface area (Å²) in [5.74, 6) is -0.173. The number of aromatic nitrogens is 2. The van der Waals surface area contributed by atoms with Crippen LogP contribution in [0, 0.1) is 0 Å². The molecule has 2 aromatic rings. The molecule has 1 atom stereocenters. The van der Waals surface area contributed by atoms with Crippen LogP contribution in [-0.4, -0.2) is 34.1 Å². The van der Waals surface area contributed by atoms with Gasteiger partial charge in [-0.05, 0) is 30.0 Å². The summed E-state index contributed by atoms with van der Waals surface area (Å²) in [5, 5.41) is 6.16. The van der Waals surface area contributed by atoms with E-state index in [9.17, 15) is 9.59 Å². The van der Waals surface area contributed by atoms with Gasteiger partial charge < -0.3 is 9.64 Å². The number of amides is 1. The zero-order valence-electron chi connectivity index (χ0n) is 12.6. The van der Waals surface area contributed by atoms with Crippen LogP contribution in [0.15, 0.2) is 41.2 Å². The Morgan fingerprint density at radius 3 is 2.96 bits per heavy atom. The number of fused-ring (bicyclic) bond motifs is 2. The van der Waals surface area contributed by atoms with E-state index in [0.29, 0.717) is 19.7 Å². The first-order chi connectivity index (χ1) is 11.2. The molecule has 6 nitrogen and oxygen atoms in total. The molecule has 0 aliphatic carbocycles. The molecular weight excluding hydrogens is 294 g/mol. The molecule has 0 radical (unpaired) electrons. The number of hydrogen-bond acceptors (Lipinski definition) is 4. The Morgan fingerprint density at radius 1 is 1.26 bits per heavy atom. The van der Waals surface area contributed by atoms with Gasteiger partial charge in [0.05, 0.1) is 13.2 Å². The molecule has 1 spiro atoms. The van der Waals surface area contributed by atoms with Crippen molar-refractivity contribution < 1.29 is 9.53 Å². The van der Waals surface area contributed by atoms with Gasteiger partial charge in [-0.1, -0.05) is 24.3 Å². The van der Waals surface area contributed by atoms with Crippen LogP contribution in [0.25, 0.3) is 0 Å². The highest BCUT2D eigenvalue weighted by Gasteiger charge is 2.44. The Kier molecular flexibility index (Phi) is 3.27. The molecule has 1 unspecified atom stereocenters. The molecule has 3 heterocycles. The van der Waals surface area contributed by atoms with Gasteiger partial charge in [0.25, 0.3) is 11.5 Å². The van der Waals surface area contributed by atoms with Crippen LogP contribution < -0.4 is 5.56 Å². The molecule has 23 heavy (non-hydrogen) atoms. The molecule has 1 amide bonds. The molecule has 2 aliphatic heterocycles. The molecule has 1 aromatic carbocycles. The number of carbonyl (C=O) groups is 1. The number of benzene rings is 1. The van der Waals surface area contributed by atoms with Crippen LogP contribution in [0.3, 0.4) is 0 Å². The topological polar surface area (TPSA) is 75.3 Å². The highest BCUT2D eigenvalue weighted by molar-refractivity contribution is 5.92. The minimum absolute atomic E-state index is 0.173. The number of rotatable bonds is 1. The Hall–Kier alpha value is -2.47. The van der Waals surface area contributed by atoms with E-state index < -0.39 is 5.60 Å². The maximum atomic E-state index is 12.6. The van der Waals surface area contributed by atoms with Gasteiger partial charge in [-0.25, -0.2) is 5.10 Å². The lowest BCUT2D eigenvalue weighted by molar-refractivity contribution is -0.0786. The summed E-state index contributed by atoms with van der Waals surface area (Å²) in [7, 11) is 0. The van der Waals surface area contributed by atoms with E-state index in [-0.39, 0.29) is 17.2 Å². The van der Waals surface area contributed by atoms with Crippen molar-refractivity contribution in [2.45, 2.75) is 25.0 Å². The van der Waals surface area contributed by atoms with E-state index in [1.165, 1.54) is 23.3 Å². The van der Waals surface area contributed by atoms with Gasteiger partial charge in [-0.15, -0.1) is 0 Å². The van der Waals surface area contributed by atoms with Crippen molar-refractivity contribution in [1.29, 1.82) is 0 Å². The smallest absolute Gasteiger partial charge is 0.274 e. The van der Waals surface area contributed by atoms with Crippen molar-refractivity contribution in [3.63, 3.8) is 0 Å². The first kappa shape index (κ1) is 14.1. The number of H-pyrrole nitrogens is 1. The van der Waals surface area contributed by atoms with Crippen molar-refractivity contribution in [2.24, 2.45) is 0 Å². The summed E-state index contributed by atoms with van der Waals surface area (Å²) in [6.07, 6.45) is 1.79. The molecule has 1 N–H and O–H groups in total. The second kappa shape index (κ2) is 5.31. The van der Waals surface area contributed by atoms with Gasteiger partial charge >= 0.3 is 0 Å². The molecule has 1 saturated heterocycles. The minimum atomic E-state index is -0.410. The third-order valence-electron chi connectivity index (χ3n) is 4.65. The quantitative estimate of drug-likeness (QED) is 0.864. The zero-order chi connectivity index (χ0) is 15.9. The van der Waals surface area contributed by atoms with E-state index >= 15 is 0 Å². The lowest BCUT2D eigenvalue weighted by Gasteiger charge is -2.40. The fraction of sp³-hybridized carbons (Fsp3) is 0.353. The molecular formula is C17H17N3O3. The number of nitrogens with zero attached hydrogens (tertiary/aromatic N) is 2. The second-order valence-electron chi connectivity index (χ2n) is 6.08. The van der Waals surface area contributed by atoms with E-state index in [4.69, 9.17) is 4.74 Å². The number of carbonyl (C=O) groups excluding carboxylic acids is 1. The SMILES string of the molecule is O=C(c1ccc(=O)[nH]n1)N1CCCC2(C1)OCc1ccccc12. The molecule has 6 heteroatoms. The van der Waals surface area contributed by atoms with Crippen LogP contribution in [-0.2, 0) is 16.9 Å². The zero-order valence-corrected chi connectivity index (χ0v) is 12.6. The van der Waals surface area contributed by atoms with Gasteiger partial charge in [0.1, 0.15) is 11.3 Å². The summed E-state index contributed by atoms with van der Waals surface area (Å²) >= 11 is 0. The molecule has 2 aliphatic rings. The van der Waals surface area contributed by atoms with Crippen molar-refractivity contribution in [3.8, 4) is 0 Å². The van der Waals surface area contributed by atoms with Crippen LogP contribution >= 0.6 is 0 Å². The number of aromatic amines is 1. The molecule has 4 rings (SSSR count). The summed E-state index contributed by atoms with van der Waals surface area (Å²) in [6, 6.07) is 11.0. The fourth-order valence-electron chi connectivity index (χ4n) is 3.54. The summed E-state index contributed by atoms with van der Waals surface area (Å²) in [5.41, 5.74) is 1.92. The van der Waals surface area contributed by atoms with Crippen molar-refractivity contribution >= 4 is 5.91 Å². The highest BCUT2D eigenvalue weighted by atomic mass is 16.5. The largest absolute Gasteiger partial charge is 0.364 e. The summed E-state index contributed by atoms with van der Waals surface area (Å²) < 4.78 is 6.12. The lowest BCUT2D eigenvalue weighted by atomic mass is 9.85. The molecule has 118 valence electrons. The van der Waals surface area contributed by atoms with Crippen molar-refractivity contribution in [3.05, 3.63) is 63.6 Å². The Balaban J connectivity index is 1.62. The maximum Gasteiger partial charge on any atom is 0.274 e. The Bertz CT molecular complexity index is 792. The predicted octanol–water partition coefficient (Wildman–Crippen LogP) is 1.43. The van der Waals surface area contributed by atoms with Gasteiger partial charge in [-0.3, -0.25) is 9.59 Å². The summed E-state index contributed by atoms with van der Waals surface area (Å²) in [4.78, 5) is 25.5. The highest BCUT2D eigenvalue weighted by Crippen LogP contribution is 2.42. The van der Waals surface area contributed by atoms with Crippen LogP contribution in [0.2, 0.25) is 0 Å². The second-order valence-corrected chi connectivity index (χ2v) is 6.08. The number of piperidine rings is 1. The van der Waals surface area contributed by atoms with E-state index in [1.54, 1.807) is 4.90 Å². The third kappa shape index (κ3) is 2.35. The van der Waals surface area contributed by atoms with E-state index in [0.717, 1.165) is 12.8 Å². The average Bonchev–Trinajstić information content (AvgIpc) is 2.94. The van der Waals surface area contributed by atoms with Crippen LogP contribution in [0.4, 0.5) is 0 Å². The van der Waals surface area contributed by atoms with Crippen LogP contribution in [0.1, 0.15) is 34.5 Å². The van der Waals surface area contributed by atoms with Gasteiger partial charge in [-0.2, -0.15) is 5.10 Å². The predicted molar refractivity (Wildman–Crippen MR) is 82.9 cm³/mol. The first-order valence-corrected chi connectivity index (χ1v) is 7.75. The molecule has 1 fully saturated rings. The van der Waals surface area contributed by atoms with Gasteiger partial charge in [0, 0.05) is 12.6 Å². The summed E-state index contributed by atoms with van der Waals surface area (Å²) in [6.45, 7) is 1.78. The standard InChI is InChI=1S/C17H17N3O3/c21-15-7-6-14(18-19-15)16(22)20-9-3-8-17(11-20)13-5-2-1-4-12(13)10-23-17/h1-2,4-7H,3,8-11H2,(H,19,21).